The van der Waals surface area contributed by atoms with E-state index in [1.165, 1.54) is 37.8 Å². The minimum atomic E-state index is -3.64. The van der Waals surface area contributed by atoms with Gasteiger partial charge in [0.25, 0.3) is 0 Å². The zero-order chi connectivity index (χ0) is 19.5. The topological polar surface area (TPSA) is 103 Å². The Morgan fingerprint density at radius 2 is 1.30 bits per heavy atom. The lowest BCUT2D eigenvalue weighted by molar-refractivity contribution is -0.903. The summed E-state index contributed by atoms with van der Waals surface area (Å²) in [5.41, 5.74) is 0. The van der Waals surface area contributed by atoms with E-state index < -0.39 is 20.0 Å². The van der Waals surface area contributed by atoms with Crippen LogP contribution < -0.4 is 4.90 Å². The van der Waals surface area contributed by atoms with E-state index >= 15 is 0 Å². The van der Waals surface area contributed by atoms with Crippen LogP contribution in [-0.4, -0.2) is 71.3 Å². The van der Waals surface area contributed by atoms with Crippen molar-refractivity contribution in [2.45, 2.75) is 29.1 Å². The third-order valence-electron chi connectivity index (χ3n) is 5.18. The van der Waals surface area contributed by atoms with Crippen LogP contribution in [0.15, 0.2) is 34.1 Å². The summed E-state index contributed by atoms with van der Waals surface area (Å²) in [7, 11) is -7.19. The average molecular weight is 414 g/mol. The molecule has 0 saturated carbocycles. The monoisotopic (exact) mass is 413 g/mol. The van der Waals surface area contributed by atoms with Crippen LogP contribution in [0, 0.1) is 11.3 Å². The third-order valence-corrected chi connectivity index (χ3v) is 9.01. The summed E-state index contributed by atoms with van der Waals surface area (Å²) in [4.78, 5) is 1.48. The third kappa shape index (κ3) is 4.33. The molecule has 2 saturated heterocycles. The largest absolute Gasteiger partial charge is 0.332 e. The number of nitrogens with one attached hydrogen (secondary N) is 1. The van der Waals surface area contributed by atoms with E-state index in [9.17, 15) is 16.8 Å². The highest BCUT2D eigenvalue weighted by Crippen LogP contribution is 2.23. The lowest BCUT2D eigenvalue weighted by Crippen LogP contribution is -3.14. The standard InChI is InChI=1S/C17H24N4O4S2/c18-8-3-9-19-12-14-21(15-13-19)27(24,25)17-6-4-16(5-7-17)26(22,23)20-10-1-2-11-20/h4-7H,1-3,9-15H2/p+1. The predicted molar refractivity (Wildman–Crippen MR) is 99.0 cm³/mol. The van der Waals surface area contributed by atoms with E-state index in [-0.39, 0.29) is 9.79 Å². The van der Waals surface area contributed by atoms with E-state index in [2.05, 4.69) is 6.07 Å². The molecule has 0 unspecified atom stereocenters. The number of nitrogens with zero attached hydrogens (tertiary/aromatic N) is 3. The van der Waals surface area contributed by atoms with Crippen molar-refractivity contribution in [2.24, 2.45) is 0 Å². The Morgan fingerprint density at radius 3 is 1.74 bits per heavy atom. The van der Waals surface area contributed by atoms with Crippen LogP contribution in [0.4, 0.5) is 0 Å². The summed E-state index contributed by atoms with van der Waals surface area (Å²) in [6, 6.07) is 7.65. The predicted octanol–water partition coefficient (Wildman–Crippen LogP) is -0.726. The first-order valence-corrected chi connectivity index (χ1v) is 12.0. The number of quaternary nitrogens is 1. The highest BCUT2D eigenvalue weighted by atomic mass is 32.2. The van der Waals surface area contributed by atoms with E-state index in [0.29, 0.717) is 45.7 Å². The second-order valence-corrected chi connectivity index (χ2v) is 10.8. The Bertz CT molecular complexity index is 893. The van der Waals surface area contributed by atoms with Crippen LogP contribution in [0.3, 0.4) is 0 Å². The van der Waals surface area contributed by atoms with E-state index in [1.807, 2.05) is 0 Å². The number of sulfonamides is 2. The van der Waals surface area contributed by atoms with Crippen molar-refractivity contribution >= 4 is 20.0 Å². The number of benzene rings is 1. The highest BCUT2D eigenvalue weighted by Gasteiger charge is 2.31. The van der Waals surface area contributed by atoms with Crippen LogP contribution in [0.2, 0.25) is 0 Å². The second-order valence-electron chi connectivity index (χ2n) is 6.89. The Labute approximate surface area is 161 Å². The molecule has 2 fully saturated rings. The second kappa shape index (κ2) is 8.24. The Morgan fingerprint density at radius 1 is 0.852 bits per heavy atom. The van der Waals surface area contributed by atoms with Gasteiger partial charge in [-0.15, -0.1) is 0 Å². The summed E-state index contributed by atoms with van der Waals surface area (Å²) in [6.45, 7) is 3.90. The lowest BCUT2D eigenvalue weighted by Gasteiger charge is -2.31. The summed E-state index contributed by atoms with van der Waals surface area (Å²) < 4.78 is 53.7. The molecule has 1 aromatic rings. The lowest BCUT2D eigenvalue weighted by atomic mass is 10.3. The zero-order valence-corrected chi connectivity index (χ0v) is 16.8. The van der Waals surface area contributed by atoms with Gasteiger partial charge in [-0.1, -0.05) is 0 Å². The van der Waals surface area contributed by atoms with Crippen LogP contribution in [0.25, 0.3) is 0 Å². The van der Waals surface area contributed by atoms with Crippen LogP contribution in [0.1, 0.15) is 19.3 Å². The van der Waals surface area contributed by atoms with Gasteiger partial charge in [0, 0.05) is 13.1 Å². The van der Waals surface area contributed by atoms with Crippen molar-refractivity contribution < 1.29 is 21.7 Å². The normalized spacial score (nSPS) is 20.6. The smallest absolute Gasteiger partial charge is 0.243 e. The van der Waals surface area contributed by atoms with Crippen molar-refractivity contribution in [1.29, 1.82) is 5.26 Å². The summed E-state index contributed by atoms with van der Waals surface area (Å²) in [5, 5.41) is 8.66. The Hall–Kier alpha value is -1.51. The Balaban J connectivity index is 1.70. The molecule has 2 aliphatic rings. The molecule has 0 amide bonds. The van der Waals surface area contributed by atoms with Gasteiger partial charge >= 0.3 is 0 Å². The summed E-state index contributed by atoms with van der Waals surface area (Å²) in [5.74, 6) is 0. The zero-order valence-electron chi connectivity index (χ0n) is 15.2. The van der Waals surface area contributed by atoms with Crippen molar-refractivity contribution in [3.63, 3.8) is 0 Å². The molecule has 0 spiro atoms. The maximum atomic E-state index is 12.8. The van der Waals surface area contributed by atoms with Gasteiger partial charge in [-0.2, -0.15) is 13.9 Å². The maximum absolute atomic E-state index is 12.8. The van der Waals surface area contributed by atoms with Crippen molar-refractivity contribution in [1.82, 2.24) is 8.61 Å². The van der Waals surface area contributed by atoms with Gasteiger partial charge in [0.05, 0.1) is 55.0 Å². The maximum Gasteiger partial charge on any atom is 0.243 e. The minimum Gasteiger partial charge on any atom is -0.332 e. The van der Waals surface area contributed by atoms with E-state index in [1.54, 1.807) is 0 Å². The minimum absolute atomic E-state index is 0.114. The molecule has 1 aromatic carbocycles. The fourth-order valence-corrected chi connectivity index (χ4v) is 6.49. The van der Waals surface area contributed by atoms with Crippen LogP contribution in [-0.2, 0) is 20.0 Å². The number of hydrogen-bond acceptors (Lipinski definition) is 5. The molecular weight excluding hydrogens is 388 g/mol. The number of nitriles is 1. The van der Waals surface area contributed by atoms with E-state index in [0.717, 1.165) is 19.4 Å². The van der Waals surface area contributed by atoms with Crippen molar-refractivity contribution in [3.05, 3.63) is 24.3 Å². The molecule has 0 aromatic heterocycles. The number of rotatable bonds is 6. The highest BCUT2D eigenvalue weighted by molar-refractivity contribution is 7.89. The molecule has 1 N–H and O–H groups in total. The van der Waals surface area contributed by atoms with Crippen LogP contribution in [0.5, 0.6) is 0 Å². The molecular formula is C17H25N4O4S2+. The van der Waals surface area contributed by atoms with Gasteiger partial charge in [-0.05, 0) is 37.1 Å². The van der Waals surface area contributed by atoms with Crippen molar-refractivity contribution in [2.75, 3.05) is 45.8 Å². The van der Waals surface area contributed by atoms with Crippen LogP contribution >= 0.6 is 0 Å². The van der Waals surface area contributed by atoms with Gasteiger partial charge < -0.3 is 4.90 Å². The SMILES string of the molecule is N#CCC[NH+]1CCN(S(=O)(=O)c2ccc(S(=O)(=O)N3CCCC3)cc2)CC1. The Kier molecular flexibility index (Phi) is 6.18. The number of piperazine rings is 1. The van der Waals surface area contributed by atoms with Gasteiger partial charge in [-0.25, -0.2) is 16.8 Å². The molecule has 2 aliphatic heterocycles. The first-order chi connectivity index (χ1) is 12.9. The average Bonchev–Trinajstić information content (AvgIpc) is 3.22. The van der Waals surface area contributed by atoms with Crippen molar-refractivity contribution in [3.8, 4) is 6.07 Å². The molecule has 0 bridgehead atoms. The molecule has 0 aliphatic carbocycles. The molecule has 10 heteroatoms. The fourth-order valence-electron chi connectivity index (χ4n) is 3.54. The van der Waals surface area contributed by atoms with Gasteiger partial charge in [0.15, 0.2) is 0 Å². The molecule has 3 rings (SSSR count). The summed E-state index contributed by atoms with van der Waals surface area (Å²) >= 11 is 0. The van der Waals surface area contributed by atoms with Gasteiger partial charge in [-0.3, -0.25) is 0 Å². The van der Waals surface area contributed by atoms with Gasteiger partial charge in [0.1, 0.15) is 0 Å². The number of hydrogen-bond donors (Lipinski definition) is 1. The quantitative estimate of drug-likeness (QED) is 0.663. The van der Waals surface area contributed by atoms with Gasteiger partial charge in [0.2, 0.25) is 20.0 Å². The molecule has 148 valence electrons. The first-order valence-electron chi connectivity index (χ1n) is 9.16. The summed E-state index contributed by atoms with van der Waals surface area (Å²) in [6.07, 6.45) is 2.18. The fraction of sp³-hybridized carbons (Fsp3) is 0.588. The molecule has 0 atom stereocenters. The molecule has 0 radical (unpaired) electrons. The first kappa shape index (κ1) is 20.2. The molecule has 8 nitrogen and oxygen atoms in total. The molecule has 2 heterocycles. The van der Waals surface area contributed by atoms with E-state index in [4.69, 9.17) is 5.26 Å². The molecule has 27 heavy (non-hydrogen) atoms.